The monoisotopic (exact) mass is 389 g/mol. The van der Waals surface area contributed by atoms with Crippen LogP contribution in [0, 0.1) is 5.82 Å². The van der Waals surface area contributed by atoms with Gasteiger partial charge in [0.15, 0.2) is 0 Å². The Morgan fingerprint density at radius 3 is 2.54 bits per heavy atom. The average molecular weight is 389 g/mol. The van der Waals surface area contributed by atoms with E-state index in [1.807, 2.05) is 0 Å². The molecule has 2 aromatic rings. The molecule has 2 aromatic carbocycles. The van der Waals surface area contributed by atoms with Crippen LogP contribution in [0.2, 0.25) is 0 Å². The lowest BCUT2D eigenvalue weighted by atomic mass is 10.1. The number of ether oxygens (including phenoxy) is 1. The van der Waals surface area contributed by atoms with Gasteiger partial charge in [0.1, 0.15) is 24.2 Å². The lowest BCUT2D eigenvalue weighted by Crippen LogP contribution is -2.43. The molecule has 8 heteroatoms. The third kappa shape index (κ3) is 7.24. The Balaban J connectivity index is 1.83. The Morgan fingerprint density at radius 2 is 1.89 bits per heavy atom. The van der Waals surface area contributed by atoms with Crippen LogP contribution in [-0.2, 0) is 11.4 Å². The molecule has 0 saturated carbocycles. The van der Waals surface area contributed by atoms with E-state index in [1.165, 1.54) is 12.1 Å². The molecular weight excluding hydrogens is 365 g/mol. The third-order valence-electron chi connectivity index (χ3n) is 3.96. The number of carbonyl (C=O) groups is 2. The minimum Gasteiger partial charge on any atom is -0.489 e. The van der Waals surface area contributed by atoms with Crippen molar-refractivity contribution in [2.24, 2.45) is 5.73 Å². The van der Waals surface area contributed by atoms with Gasteiger partial charge < -0.3 is 26.2 Å². The first-order valence-corrected chi connectivity index (χ1v) is 8.95. The molecule has 0 fully saturated rings. The highest BCUT2D eigenvalue weighted by atomic mass is 19.1. The Morgan fingerprint density at radius 1 is 1.14 bits per heavy atom. The number of hydrogen-bond donors (Lipinski definition) is 4. The highest BCUT2D eigenvalue weighted by Gasteiger charge is 2.19. The molecule has 0 spiro atoms. The minimum atomic E-state index is -1.09. The number of unbranched alkanes of at least 4 members (excludes halogenated alkanes) is 1. The van der Waals surface area contributed by atoms with Crippen molar-refractivity contribution >= 4 is 17.7 Å². The van der Waals surface area contributed by atoms with Crippen molar-refractivity contribution in [1.29, 1.82) is 0 Å². The van der Waals surface area contributed by atoms with E-state index in [0.717, 1.165) is 0 Å². The first kappa shape index (κ1) is 21.2. The van der Waals surface area contributed by atoms with E-state index in [9.17, 15) is 19.1 Å². The summed E-state index contributed by atoms with van der Waals surface area (Å²) in [6, 6.07) is 11.1. The molecule has 0 radical (unpaired) electrons. The molecule has 0 unspecified atom stereocenters. The number of rotatable bonds is 10. The van der Waals surface area contributed by atoms with E-state index >= 15 is 0 Å². The van der Waals surface area contributed by atoms with E-state index in [4.69, 9.17) is 10.5 Å². The standard InChI is InChI=1S/C20H24FN3O4/c21-15-5-3-4-14(12-15)13-28-17-9-7-16(8-10-17)23-20(27)24-18(19(25)26)6-1-2-11-22/h3-5,7-10,12,18H,1-2,6,11,13,22H2,(H,25,26)(H2,23,24,27)/t18-/m0/s1. The lowest BCUT2D eigenvalue weighted by molar-refractivity contribution is -0.139. The van der Waals surface area contributed by atoms with Crippen molar-refractivity contribution in [2.75, 3.05) is 11.9 Å². The summed E-state index contributed by atoms with van der Waals surface area (Å²) in [6.45, 7) is 0.695. The zero-order valence-electron chi connectivity index (χ0n) is 15.4. The van der Waals surface area contributed by atoms with Crippen LogP contribution in [0.3, 0.4) is 0 Å². The van der Waals surface area contributed by atoms with Crippen LogP contribution < -0.4 is 21.1 Å². The maximum Gasteiger partial charge on any atom is 0.326 e. The molecule has 5 N–H and O–H groups in total. The summed E-state index contributed by atoms with van der Waals surface area (Å²) in [5, 5.41) is 14.2. The minimum absolute atomic E-state index is 0.216. The second-order valence-corrected chi connectivity index (χ2v) is 6.22. The molecule has 0 aliphatic rings. The molecule has 0 bridgehead atoms. The number of carboxylic acids is 1. The van der Waals surface area contributed by atoms with Crippen molar-refractivity contribution in [3.05, 3.63) is 59.9 Å². The van der Waals surface area contributed by atoms with Gasteiger partial charge in [-0.15, -0.1) is 0 Å². The first-order chi connectivity index (χ1) is 13.5. The second kappa shape index (κ2) is 10.9. The van der Waals surface area contributed by atoms with E-state index < -0.39 is 18.0 Å². The van der Waals surface area contributed by atoms with E-state index in [1.54, 1.807) is 36.4 Å². The molecule has 2 rings (SSSR count). The zero-order chi connectivity index (χ0) is 20.4. The van der Waals surface area contributed by atoms with E-state index in [2.05, 4.69) is 10.6 Å². The summed E-state index contributed by atoms with van der Waals surface area (Å²) < 4.78 is 18.7. The smallest absolute Gasteiger partial charge is 0.326 e. The van der Waals surface area contributed by atoms with Crippen molar-refractivity contribution in [2.45, 2.75) is 31.9 Å². The van der Waals surface area contributed by atoms with Crippen LogP contribution in [0.25, 0.3) is 0 Å². The number of carbonyl (C=O) groups excluding carboxylic acids is 1. The molecule has 7 nitrogen and oxygen atoms in total. The number of amides is 2. The largest absolute Gasteiger partial charge is 0.489 e. The molecule has 150 valence electrons. The summed E-state index contributed by atoms with van der Waals surface area (Å²) in [4.78, 5) is 23.2. The number of carboxylic acid groups (broad SMARTS) is 1. The molecule has 0 heterocycles. The summed E-state index contributed by atoms with van der Waals surface area (Å²) in [5.74, 6) is -0.858. The number of anilines is 1. The number of halogens is 1. The predicted octanol–water partition coefficient (Wildman–Crippen LogP) is 3.11. The van der Waals surface area contributed by atoms with Gasteiger partial charge in [0.2, 0.25) is 0 Å². The Labute approximate surface area is 162 Å². The number of aliphatic carboxylic acids is 1. The number of benzene rings is 2. The Hall–Kier alpha value is -3.13. The van der Waals surface area contributed by atoms with Crippen LogP contribution in [0.1, 0.15) is 24.8 Å². The van der Waals surface area contributed by atoms with Crippen LogP contribution in [0.15, 0.2) is 48.5 Å². The summed E-state index contributed by atoms with van der Waals surface area (Å²) >= 11 is 0. The number of hydrogen-bond acceptors (Lipinski definition) is 4. The van der Waals surface area contributed by atoms with Crippen molar-refractivity contribution < 1.29 is 23.8 Å². The highest BCUT2D eigenvalue weighted by molar-refractivity contribution is 5.92. The fourth-order valence-electron chi connectivity index (χ4n) is 2.50. The zero-order valence-corrected chi connectivity index (χ0v) is 15.4. The van der Waals surface area contributed by atoms with Gasteiger partial charge in [-0.2, -0.15) is 0 Å². The molecule has 0 saturated heterocycles. The van der Waals surface area contributed by atoms with Gasteiger partial charge in [-0.05, 0) is 67.8 Å². The molecular formula is C20H24FN3O4. The molecule has 1 atom stereocenters. The van der Waals surface area contributed by atoms with Crippen molar-refractivity contribution in [1.82, 2.24) is 5.32 Å². The molecule has 0 aromatic heterocycles. The van der Waals surface area contributed by atoms with Gasteiger partial charge >= 0.3 is 12.0 Å². The number of urea groups is 1. The van der Waals surface area contributed by atoms with Crippen LogP contribution in [0.4, 0.5) is 14.9 Å². The van der Waals surface area contributed by atoms with Gasteiger partial charge in [0.05, 0.1) is 0 Å². The van der Waals surface area contributed by atoms with E-state index in [-0.39, 0.29) is 12.4 Å². The van der Waals surface area contributed by atoms with Gasteiger partial charge in [-0.3, -0.25) is 0 Å². The quantitative estimate of drug-likeness (QED) is 0.466. The van der Waals surface area contributed by atoms with E-state index in [0.29, 0.717) is 42.8 Å². The predicted molar refractivity (Wildman–Crippen MR) is 104 cm³/mol. The third-order valence-corrected chi connectivity index (χ3v) is 3.96. The Kier molecular flexibility index (Phi) is 8.23. The summed E-state index contributed by atoms with van der Waals surface area (Å²) in [6.07, 6.45) is 1.63. The molecule has 0 aliphatic carbocycles. The van der Waals surface area contributed by atoms with Gasteiger partial charge in [-0.25, -0.2) is 14.0 Å². The topological polar surface area (TPSA) is 114 Å². The highest BCUT2D eigenvalue weighted by Crippen LogP contribution is 2.17. The average Bonchev–Trinajstić information content (AvgIpc) is 2.67. The van der Waals surface area contributed by atoms with Gasteiger partial charge in [0.25, 0.3) is 0 Å². The second-order valence-electron chi connectivity index (χ2n) is 6.22. The number of nitrogens with one attached hydrogen (secondary N) is 2. The van der Waals surface area contributed by atoms with Gasteiger partial charge in [0, 0.05) is 5.69 Å². The van der Waals surface area contributed by atoms with Crippen LogP contribution >= 0.6 is 0 Å². The SMILES string of the molecule is NCCCC[C@H](NC(=O)Nc1ccc(OCc2cccc(F)c2)cc1)C(=O)O. The number of nitrogens with two attached hydrogens (primary N) is 1. The summed E-state index contributed by atoms with van der Waals surface area (Å²) in [5.41, 5.74) is 6.59. The summed E-state index contributed by atoms with van der Waals surface area (Å²) in [7, 11) is 0. The molecule has 2 amide bonds. The van der Waals surface area contributed by atoms with Crippen molar-refractivity contribution in [3.8, 4) is 5.75 Å². The van der Waals surface area contributed by atoms with Crippen LogP contribution in [-0.4, -0.2) is 29.7 Å². The van der Waals surface area contributed by atoms with Crippen molar-refractivity contribution in [3.63, 3.8) is 0 Å². The molecule has 0 aliphatic heterocycles. The Bertz CT molecular complexity index is 783. The first-order valence-electron chi connectivity index (χ1n) is 8.95. The fourth-order valence-corrected chi connectivity index (χ4v) is 2.50. The maximum absolute atomic E-state index is 13.2. The maximum atomic E-state index is 13.2. The van der Waals surface area contributed by atoms with Gasteiger partial charge in [-0.1, -0.05) is 12.1 Å². The van der Waals surface area contributed by atoms with Crippen LogP contribution in [0.5, 0.6) is 5.75 Å². The molecule has 28 heavy (non-hydrogen) atoms. The normalized spacial score (nSPS) is 11.5. The fraction of sp³-hybridized carbons (Fsp3) is 0.300. The lowest BCUT2D eigenvalue weighted by Gasteiger charge is -2.15.